The Hall–Kier alpha value is -1.10. The number of hydrogen-bond acceptors (Lipinski definition) is 3. The second kappa shape index (κ2) is 6.59. The summed E-state index contributed by atoms with van der Waals surface area (Å²) in [6.07, 6.45) is -0.0649. The van der Waals surface area contributed by atoms with Gasteiger partial charge in [0.2, 0.25) is 0 Å². The van der Waals surface area contributed by atoms with E-state index in [9.17, 15) is 9.18 Å². The standard InChI is InChI=1S/C12H14BrFO3/c1-3-17-12(15)6-10-8(7-13)4-9(16-2)5-11(10)14/h4-5H,3,6-7H2,1-2H3. The molecule has 1 aromatic rings. The third kappa shape index (κ3) is 3.70. The van der Waals surface area contributed by atoms with Gasteiger partial charge in [-0.25, -0.2) is 4.39 Å². The van der Waals surface area contributed by atoms with Crippen molar-refractivity contribution in [2.75, 3.05) is 13.7 Å². The molecule has 0 unspecified atom stereocenters. The fraction of sp³-hybridized carbons (Fsp3) is 0.417. The van der Waals surface area contributed by atoms with Crippen LogP contribution in [0.4, 0.5) is 4.39 Å². The highest BCUT2D eigenvalue weighted by Gasteiger charge is 2.15. The van der Waals surface area contributed by atoms with Crippen molar-refractivity contribution in [1.82, 2.24) is 0 Å². The maximum absolute atomic E-state index is 13.8. The zero-order chi connectivity index (χ0) is 12.8. The summed E-state index contributed by atoms with van der Waals surface area (Å²) in [4.78, 5) is 11.4. The van der Waals surface area contributed by atoms with E-state index < -0.39 is 11.8 Å². The van der Waals surface area contributed by atoms with E-state index in [2.05, 4.69) is 15.9 Å². The van der Waals surface area contributed by atoms with Crippen molar-refractivity contribution >= 4 is 21.9 Å². The Kier molecular flexibility index (Phi) is 5.41. The van der Waals surface area contributed by atoms with Crippen LogP contribution in [-0.4, -0.2) is 19.7 Å². The number of hydrogen-bond donors (Lipinski definition) is 0. The van der Waals surface area contributed by atoms with Crippen molar-refractivity contribution in [2.24, 2.45) is 0 Å². The summed E-state index contributed by atoms with van der Waals surface area (Å²) in [7, 11) is 1.47. The molecule has 0 fully saturated rings. The van der Waals surface area contributed by atoms with Gasteiger partial charge in [-0.2, -0.15) is 0 Å². The predicted molar refractivity (Wildman–Crippen MR) is 65.9 cm³/mol. The molecule has 0 saturated carbocycles. The first-order chi connectivity index (χ1) is 8.12. The molecule has 0 aromatic heterocycles. The lowest BCUT2D eigenvalue weighted by molar-refractivity contribution is -0.142. The molecular formula is C12H14BrFO3. The van der Waals surface area contributed by atoms with Crippen molar-refractivity contribution in [3.63, 3.8) is 0 Å². The first-order valence-corrected chi connectivity index (χ1v) is 6.31. The lowest BCUT2D eigenvalue weighted by Crippen LogP contribution is -2.11. The van der Waals surface area contributed by atoms with Gasteiger partial charge in [0.1, 0.15) is 11.6 Å². The van der Waals surface area contributed by atoms with Crippen LogP contribution < -0.4 is 4.74 Å². The minimum Gasteiger partial charge on any atom is -0.497 e. The Labute approximate surface area is 108 Å². The summed E-state index contributed by atoms with van der Waals surface area (Å²) in [5.41, 5.74) is 1.04. The third-order valence-corrected chi connectivity index (χ3v) is 2.87. The van der Waals surface area contributed by atoms with Crippen molar-refractivity contribution in [1.29, 1.82) is 0 Å². The number of alkyl halides is 1. The van der Waals surface area contributed by atoms with Crippen LogP contribution in [0.25, 0.3) is 0 Å². The van der Waals surface area contributed by atoms with Gasteiger partial charge in [-0.05, 0) is 18.6 Å². The SMILES string of the molecule is CCOC(=O)Cc1c(F)cc(OC)cc1CBr. The van der Waals surface area contributed by atoms with Gasteiger partial charge in [0.05, 0.1) is 20.1 Å². The molecule has 94 valence electrons. The number of carbonyl (C=O) groups excluding carboxylic acids is 1. The molecule has 0 radical (unpaired) electrons. The van der Waals surface area contributed by atoms with Gasteiger partial charge in [-0.15, -0.1) is 0 Å². The fourth-order valence-corrected chi connectivity index (χ4v) is 1.96. The Morgan fingerprint density at radius 3 is 2.71 bits per heavy atom. The van der Waals surface area contributed by atoms with Gasteiger partial charge in [0, 0.05) is 17.0 Å². The number of carbonyl (C=O) groups is 1. The van der Waals surface area contributed by atoms with Gasteiger partial charge < -0.3 is 9.47 Å². The monoisotopic (exact) mass is 304 g/mol. The highest BCUT2D eigenvalue weighted by atomic mass is 79.9. The quantitative estimate of drug-likeness (QED) is 0.620. The van der Waals surface area contributed by atoms with Gasteiger partial charge >= 0.3 is 5.97 Å². The molecule has 0 atom stereocenters. The lowest BCUT2D eigenvalue weighted by atomic mass is 10.0. The normalized spacial score (nSPS) is 10.1. The topological polar surface area (TPSA) is 35.5 Å². The fourth-order valence-electron chi connectivity index (χ4n) is 1.46. The Bertz CT molecular complexity index is 407. The zero-order valence-corrected chi connectivity index (χ0v) is 11.3. The highest BCUT2D eigenvalue weighted by Crippen LogP contribution is 2.24. The zero-order valence-electron chi connectivity index (χ0n) is 9.76. The van der Waals surface area contributed by atoms with Crippen molar-refractivity contribution in [3.05, 3.63) is 29.1 Å². The van der Waals surface area contributed by atoms with E-state index in [1.165, 1.54) is 13.2 Å². The Balaban J connectivity index is 3.01. The van der Waals surface area contributed by atoms with Crippen molar-refractivity contribution < 1.29 is 18.7 Å². The van der Waals surface area contributed by atoms with Crippen LogP contribution >= 0.6 is 15.9 Å². The molecule has 0 amide bonds. The molecule has 1 aromatic carbocycles. The van der Waals surface area contributed by atoms with E-state index in [0.717, 1.165) is 0 Å². The second-order valence-corrected chi connectivity index (χ2v) is 3.92. The minimum atomic E-state index is -0.452. The largest absolute Gasteiger partial charge is 0.497 e. The number of methoxy groups -OCH3 is 1. The number of benzene rings is 1. The minimum absolute atomic E-state index is 0.0649. The number of ether oxygens (including phenoxy) is 2. The first-order valence-electron chi connectivity index (χ1n) is 5.19. The Morgan fingerprint density at radius 2 is 2.18 bits per heavy atom. The summed E-state index contributed by atoms with van der Waals surface area (Å²) in [6, 6.07) is 2.97. The maximum Gasteiger partial charge on any atom is 0.310 e. The van der Waals surface area contributed by atoms with E-state index in [1.54, 1.807) is 13.0 Å². The van der Waals surface area contributed by atoms with E-state index in [0.29, 0.717) is 28.8 Å². The number of esters is 1. The van der Waals surface area contributed by atoms with E-state index in [-0.39, 0.29) is 6.42 Å². The molecule has 0 N–H and O–H groups in total. The number of rotatable bonds is 5. The highest BCUT2D eigenvalue weighted by molar-refractivity contribution is 9.08. The molecule has 0 heterocycles. The van der Waals surface area contributed by atoms with Gasteiger partial charge in [0.25, 0.3) is 0 Å². The molecule has 1 rings (SSSR count). The molecule has 0 spiro atoms. The maximum atomic E-state index is 13.8. The average molecular weight is 305 g/mol. The summed E-state index contributed by atoms with van der Waals surface area (Å²) in [5, 5.41) is 0.454. The second-order valence-electron chi connectivity index (χ2n) is 3.36. The molecule has 0 aliphatic heterocycles. The smallest absolute Gasteiger partial charge is 0.310 e. The number of halogens is 2. The van der Waals surface area contributed by atoms with Crippen LogP contribution in [0.2, 0.25) is 0 Å². The molecular weight excluding hydrogens is 291 g/mol. The van der Waals surface area contributed by atoms with E-state index >= 15 is 0 Å². The van der Waals surface area contributed by atoms with Crippen LogP contribution in [0, 0.1) is 5.82 Å². The predicted octanol–water partition coefficient (Wildman–Crippen LogP) is 2.83. The third-order valence-electron chi connectivity index (χ3n) is 2.27. The summed E-state index contributed by atoms with van der Waals surface area (Å²) in [6.45, 7) is 2.01. The van der Waals surface area contributed by atoms with Gasteiger partial charge in [-0.1, -0.05) is 15.9 Å². The molecule has 5 heteroatoms. The molecule has 0 saturated heterocycles. The van der Waals surface area contributed by atoms with Crippen LogP contribution in [-0.2, 0) is 21.3 Å². The lowest BCUT2D eigenvalue weighted by Gasteiger charge is -2.10. The van der Waals surface area contributed by atoms with Gasteiger partial charge in [0.15, 0.2) is 0 Å². The Morgan fingerprint density at radius 1 is 1.47 bits per heavy atom. The van der Waals surface area contributed by atoms with Crippen LogP contribution in [0.5, 0.6) is 5.75 Å². The van der Waals surface area contributed by atoms with E-state index in [4.69, 9.17) is 9.47 Å². The average Bonchev–Trinajstić information content (AvgIpc) is 2.31. The molecule has 17 heavy (non-hydrogen) atoms. The van der Waals surface area contributed by atoms with Crippen LogP contribution in [0.1, 0.15) is 18.1 Å². The summed E-state index contributed by atoms with van der Waals surface area (Å²) >= 11 is 3.26. The molecule has 0 bridgehead atoms. The molecule has 0 aliphatic carbocycles. The van der Waals surface area contributed by atoms with Crippen molar-refractivity contribution in [2.45, 2.75) is 18.7 Å². The van der Waals surface area contributed by atoms with E-state index in [1.807, 2.05) is 0 Å². The van der Waals surface area contributed by atoms with Crippen molar-refractivity contribution in [3.8, 4) is 5.75 Å². The summed E-state index contributed by atoms with van der Waals surface area (Å²) < 4.78 is 23.5. The van der Waals surface area contributed by atoms with Gasteiger partial charge in [-0.3, -0.25) is 4.79 Å². The summed E-state index contributed by atoms with van der Waals surface area (Å²) in [5.74, 6) is -0.449. The molecule has 0 aliphatic rings. The first kappa shape index (κ1) is 14.0. The molecule has 3 nitrogen and oxygen atoms in total. The van der Waals surface area contributed by atoms with Crippen LogP contribution in [0.15, 0.2) is 12.1 Å². The van der Waals surface area contributed by atoms with Crippen LogP contribution in [0.3, 0.4) is 0 Å².